The molecular formula is C15H15N3O2S. The van der Waals surface area contributed by atoms with Crippen LogP contribution in [-0.4, -0.2) is 23.8 Å². The summed E-state index contributed by atoms with van der Waals surface area (Å²) in [5.41, 5.74) is 3.01. The fourth-order valence-corrected chi connectivity index (χ4v) is 3.00. The van der Waals surface area contributed by atoms with Crippen LogP contribution in [0.3, 0.4) is 0 Å². The van der Waals surface area contributed by atoms with Crippen molar-refractivity contribution in [3.63, 3.8) is 0 Å². The molecule has 1 aromatic heterocycles. The third kappa shape index (κ3) is 2.95. The largest absolute Gasteiger partial charge is 0.315 e. The molecule has 108 valence electrons. The van der Waals surface area contributed by atoms with Crippen LogP contribution in [-0.2, 0) is 22.4 Å². The van der Waals surface area contributed by atoms with Gasteiger partial charge >= 0.3 is 0 Å². The topological polar surface area (TPSA) is 62.3 Å². The molecule has 0 fully saturated rings. The van der Waals surface area contributed by atoms with Crippen molar-refractivity contribution < 1.29 is 9.59 Å². The smallest absolute Gasteiger partial charge is 0.230 e. The summed E-state index contributed by atoms with van der Waals surface area (Å²) in [7, 11) is 1.79. The molecule has 0 radical (unpaired) electrons. The van der Waals surface area contributed by atoms with Gasteiger partial charge in [0.1, 0.15) is 0 Å². The third-order valence-electron chi connectivity index (χ3n) is 3.53. The Morgan fingerprint density at radius 2 is 2.29 bits per heavy atom. The van der Waals surface area contributed by atoms with Crippen LogP contribution < -0.4 is 10.2 Å². The highest BCUT2D eigenvalue weighted by molar-refractivity contribution is 7.13. The summed E-state index contributed by atoms with van der Waals surface area (Å²) in [6.45, 7) is 0. The monoisotopic (exact) mass is 301 g/mol. The summed E-state index contributed by atoms with van der Waals surface area (Å²) in [4.78, 5) is 29.3. The molecule has 0 bridgehead atoms. The maximum Gasteiger partial charge on any atom is 0.230 e. The number of rotatable bonds is 3. The van der Waals surface area contributed by atoms with Gasteiger partial charge in [-0.1, -0.05) is 12.1 Å². The predicted octanol–water partition coefficient (Wildman–Crippen LogP) is 2.23. The Labute approximate surface area is 126 Å². The van der Waals surface area contributed by atoms with E-state index in [4.69, 9.17) is 0 Å². The number of aryl methyl sites for hydroxylation is 1. The molecule has 21 heavy (non-hydrogen) atoms. The van der Waals surface area contributed by atoms with Crippen molar-refractivity contribution in [2.24, 2.45) is 0 Å². The number of nitrogens with zero attached hydrogens (tertiary/aromatic N) is 2. The maximum absolute atomic E-state index is 12.0. The highest BCUT2D eigenvalue weighted by Crippen LogP contribution is 2.27. The zero-order valence-corrected chi connectivity index (χ0v) is 12.4. The molecule has 5 nitrogen and oxygen atoms in total. The standard InChI is InChI=1S/C15H15N3O2S/c1-18-12-4-2-10(8-11(12)3-5-14(18)20)9-13(19)17-15-16-6-7-21-15/h2,4,6-8H,3,5,9H2,1H3,(H,16,17,19). The zero-order valence-electron chi connectivity index (χ0n) is 11.6. The Hall–Kier alpha value is -2.21. The number of anilines is 2. The summed E-state index contributed by atoms with van der Waals surface area (Å²) < 4.78 is 0. The molecule has 1 aromatic carbocycles. The van der Waals surface area contributed by atoms with E-state index in [1.165, 1.54) is 11.3 Å². The molecule has 2 aromatic rings. The second-order valence-electron chi connectivity index (χ2n) is 4.98. The van der Waals surface area contributed by atoms with Crippen molar-refractivity contribution in [2.75, 3.05) is 17.3 Å². The molecule has 1 aliphatic heterocycles. The number of fused-ring (bicyclic) bond motifs is 1. The van der Waals surface area contributed by atoms with Crippen LogP contribution in [0.2, 0.25) is 0 Å². The van der Waals surface area contributed by atoms with Crippen LogP contribution in [0.25, 0.3) is 0 Å². The van der Waals surface area contributed by atoms with Crippen LogP contribution in [0.5, 0.6) is 0 Å². The summed E-state index contributed by atoms with van der Waals surface area (Å²) in [6, 6.07) is 5.83. The first-order chi connectivity index (χ1) is 10.1. The number of benzene rings is 1. The van der Waals surface area contributed by atoms with Gasteiger partial charge in [-0.25, -0.2) is 4.98 Å². The van der Waals surface area contributed by atoms with E-state index in [2.05, 4.69) is 10.3 Å². The Kier molecular flexibility index (Phi) is 3.70. The Bertz CT molecular complexity index is 682. The lowest BCUT2D eigenvalue weighted by molar-refractivity contribution is -0.118. The van der Waals surface area contributed by atoms with E-state index >= 15 is 0 Å². The summed E-state index contributed by atoms with van der Waals surface area (Å²) >= 11 is 1.40. The first kappa shape index (κ1) is 13.8. The molecule has 0 atom stereocenters. The number of amides is 2. The van der Waals surface area contributed by atoms with Gasteiger partial charge in [0.25, 0.3) is 0 Å². The van der Waals surface area contributed by atoms with Gasteiger partial charge in [0.15, 0.2) is 5.13 Å². The first-order valence-corrected chi connectivity index (χ1v) is 7.59. The van der Waals surface area contributed by atoms with Crippen LogP contribution in [0.15, 0.2) is 29.8 Å². The van der Waals surface area contributed by atoms with Crippen LogP contribution >= 0.6 is 11.3 Å². The Morgan fingerprint density at radius 1 is 1.43 bits per heavy atom. The van der Waals surface area contributed by atoms with Crippen molar-refractivity contribution in [1.82, 2.24) is 4.98 Å². The third-order valence-corrected chi connectivity index (χ3v) is 4.22. The minimum atomic E-state index is -0.0786. The first-order valence-electron chi connectivity index (χ1n) is 6.71. The fraction of sp³-hybridized carbons (Fsp3) is 0.267. The molecule has 2 heterocycles. The van der Waals surface area contributed by atoms with Gasteiger partial charge in [-0.05, 0) is 23.6 Å². The second kappa shape index (κ2) is 5.65. The average Bonchev–Trinajstić information content (AvgIpc) is 2.96. The highest BCUT2D eigenvalue weighted by atomic mass is 32.1. The summed E-state index contributed by atoms with van der Waals surface area (Å²) in [5.74, 6) is 0.0573. The maximum atomic E-state index is 12.0. The van der Waals surface area contributed by atoms with Gasteiger partial charge in [0.2, 0.25) is 11.8 Å². The molecule has 0 aliphatic carbocycles. The molecule has 0 unspecified atom stereocenters. The molecule has 0 spiro atoms. The van der Waals surface area contributed by atoms with Gasteiger partial charge in [0, 0.05) is 30.7 Å². The number of carbonyl (C=O) groups is 2. The van der Waals surface area contributed by atoms with E-state index < -0.39 is 0 Å². The van der Waals surface area contributed by atoms with Gasteiger partial charge in [-0.15, -0.1) is 11.3 Å². The number of nitrogens with one attached hydrogen (secondary N) is 1. The molecule has 6 heteroatoms. The molecule has 0 saturated heterocycles. The second-order valence-corrected chi connectivity index (χ2v) is 5.87. The van der Waals surface area contributed by atoms with Gasteiger partial charge in [-0.2, -0.15) is 0 Å². The highest BCUT2D eigenvalue weighted by Gasteiger charge is 2.21. The van der Waals surface area contributed by atoms with Crippen LogP contribution in [0, 0.1) is 0 Å². The molecule has 1 aliphatic rings. The predicted molar refractivity (Wildman–Crippen MR) is 82.6 cm³/mol. The number of thiazole rings is 1. The lowest BCUT2D eigenvalue weighted by Crippen LogP contribution is -2.31. The Balaban J connectivity index is 1.72. The summed E-state index contributed by atoms with van der Waals surface area (Å²) in [6.07, 6.45) is 3.23. The molecular weight excluding hydrogens is 286 g/mol. The lowest BCUT2D eigenvalue weighted by atomic mass is 9.98. The fourth-order valence-electron chi connectivity index (χ4n) is 2.45. The van der Waals surface area contributed by atoms with Crippen molar-refractivity contribution in [2.45, 2.75) is 19.3 Å². The van der Waals surface area contributed by atoms with E-state index in [0.29, 0.717) is 18.0 Å². The van der Waals surface area contributed by atoms with Crippen LogP contribution in [0.1, 0.15) is 17.5 Å². The number of hydrogen-bond donors (Lipinski definition) is 1. The molecule has 2 amide bonds. The summed E-state index contributed by atoms with van der Waals surface area (Å²) in [5, 5.41) is 5.21. The zero-order chi connectivity index (χ0) is 14.8. The van der Waals surface area contributed by atoms with Crippen molar-refractivity contribution >= 4 is 34.0 Å². The normalized spacial score (nSPS) is 14.0. The van der Waals surface area contributed by atoms with Gasteiger partial charge in [-0.3, -0.25) is 9.59 Å². The molecule has 3 rings (SSSR count). The quantitative estimate of drug-likeness (QED) is 0.945. The van der Waals surface area contributed by atoms with E-state index in [1.54, 1.807) is 18.1 Å². The Morgan fingerprint density at radius 3 is 3.05 bits per heavy atom. The molecule has 0 saturated carbocycles. The lowest BCUT2D eigenvalue weighted by Gasteiger charge is -2.26. The SMILES string of the molecule is CN1C(=O)CCc2cc(CC(=O)Nc3nccs3)ccc21. The van der Waals surface area contributed by atoms with E-state index in [-0.39, 0.29) is 11.8 Å². The number of aromatic nitrogens is 1. The average molecular weight is 301 g/mol. The van der Waals surface area contributed by atoms with E-state index in [9.17, 15) is 9.59 Å². The molecule has 1 N–H and O–H groups in total. The van der Waals surface area contributed by atoms with Crippen molar-refractivity contribution in [1.29, 1.82) is 0 Å². The van der Waals surface area contributed by atoms with Gasteiger partial charge < -0.3 is 10.2 Å². The van der Waals surface area contributed by atoms with E-state index in [0.717, 1.165) is 23.2 Å². The number of hydrogen-bond acceptors (Lipinski definition) is 4. The number of carbonyl (C=O) groups excluding carboxylic acids is 2. The van der Waals surface area contributed by atoms with Crippen molar-refractivity contribution in [3.05, 3.63) is 40.9 Å². The van der Waals surface area contributed by atoms with Crippen LogP contribution in [0.4, 0.5) is 10.8 Å². The minimum Gasteiger partial charge on any atom is -0.315 e. The van der Waals surface area contributed by atoms with Gasteiger partial charge in [0.05, 0.1) is 6.42 Å². The minimum absolute atomic E-state index is 0.0786. The van der Waals surface area contributed by atoms with Crippen molar-refractivity contribution in [3.8, 4) is 0 Å². The van der Waals surface area contributed by atoms with E-state index in [1.807, 2.05) is 23.6 Å².